The molecular formula is C27H22ClNO4. The van der Waals surface area contributed by atoms with Crippen LogP contribution in [-0.2, 0) is 13.2 Å². The van der Waals surface area contributed by atoms with E-state index in [0.29, 0.717) is 13.2 Å². The molecule has 1 N–H and O–H groups in total. The maximum absolute atomic E-state index is 12.7. The summed E-state index contributed by atoms with van der Waals surface area (Å²) in [4.78, 5) is 26.1. The number of aromatic carboxylic acids is 1. The molecule has 33 heavy (non-hydrogen) atoms. The number of carboxylic acid groups (broad SMARTS) is 1. The summed E-state index contributed by atoms with van der Waals surface area (Å²) in [6.45, 7) is 0.978. The number of carbonyl (C=O) groups is 2. The van der Waals surface area contributed by atoms with Gasteiger partial charge in [0.15, 0.2) is 0 Å². The van der Waals surface area contributed by atoms with Crippen molar-refractivity contribution in [2.45, 2.75) is 32.0 Å². The third kappa shape index (κ3) is 4.24. The van der Waals surface area contributed by atoms with Crippen LogP contribution in [0.5, 0.6) is 5.75 Å². The van der Waals surface area contributed by atoms with Crippen LogP contribution in [0.3, 0.4) is 0 Å². The maximum Gasteiger partial charge on any atom is 0.337 e. The predicted octanol–water partition coefficient (Wildman–Crippen LogP) is 5.96. The van der Waals surface area contributed by atoms with Crippen LogP contribution in [0.4, 0.5) is 0 Å². The molecule has 0 saturated heterocycles. The van der Waals surface area contributed by atoms with Crippen molar-refractivity contribution in [1.29, 1.82) is 0 Å². The number of hydrogen-bond donors (Lipinski definition) is 1. The van der Waals surface area contributed by atoms with Crippen LogP contribution in [0.2, 0.25) is 5.02 Å². The lowest BCUT2D eigenvalue weighted by Crippen LogP contribution is -2.33. The molecule has 0 aromatic heterocycles. The molecule has 3 aromatic carbocycles. The minimum absolute atomic E-state index is 0.0749. The number of carbonyl (C=O) groups excluding carboxylic acids is 1. The van der Waals surface area contributed by atoms with Gasteiger partial charge < -0.3 is 14.7 Å². The molecule has 2 aliphatic rings. The van der Waals surface area contributed by atoms with Crippen LogP contribution in [0, 0.1) is 0 Å². The third-order valence-electron chi connectivity index (χ3n) is 6.20. The summed E-state index contributed by atoms with van der Waals surface area (Å²) < 4.78 is 6.03. The van der Waals surface area contributed by atoms with Crippen LogP contribution in [0.15, 0.2) is 72.8 Å². The molecule has 0 spiro atoms. The summed E-state index contributed by atoms with van der Waals surface area (Å²) >= 11 is 5.99. The van der Waals surface area contributed by atoms with Crippen molar-refractivity contribution < 1.29 is 19.4 Å². The first kappa shape index (κ1) is 21.3. The number of fused-ring (bicyclic) bond motifs is 1. The molecule has 0 radical (unpaired) electrons. The number of ether oxygens (including phenoxy) is 1. The van der Waals surface area contributed by atoms with Crippen LogP contribution < -0.4 is 4.74 Å². The van der Waals surface area contributed by atoms with Gasteiger partial charge in [0.25, 0.3) is 5.91 Å². The standard InChI is InChI=1S/C27H22ClNO4/c28-25-11-8-19(14-24(25)27(31)32)18-5-3-4-17(12-18)16-33-22-9-10-23-20(13-22)15-29(26(23)30)21-6-1-2-7-21/h1-5,8-14,21H,6-7,15-16H2,(H,31,32). The van der Waals surface area contributed by atoms with E-state index >= 15 is 0 Å². The van der Waals surface area contributed by atoms with Gasteiger partial charge in [0.2, 0.25) is 0 Å². The molecule has 0 saturated carbocycles. The van der Waals surface area contributed by atoms with E-state index in [4.69, 9.17) is 16.3 Å². The van der Waals surface area contributed by atoms with Gasteiger partial charge in [-0.05, 0) is 71.5 Å². The van der Waals surface area contributed by atoms with Gasteiger partial charge in [-0.15, -0.1) is 0 Å². The summed E-state index contributed by atoms with van der Waals surface area (Å²) in [7, 11) is 0. The highest BCUT2D eigenvalue weighted by Crippen LogP contribution is 2.32. The van der Waals surface area contributed by atoms with Crippen molar-refractivity contribution in [3.05, 3.63) is 100 Å². The molecule has 166 valence electrons. The fraction of sp³-hybridized carbons (Fsp3) is 0.185. The molecule has 0 fully saturated rings. The molecule has 1 aliphatic heterocycles. The Balaban J connectivity index is 1.30. The molecule has 5 rings (SSSR count). The van der Waals surface area contributed by atoms with E-state index in [9.17, 15) is 14.7 Å². The zero-order chi connectivity index (χ0) is 22.9. The minimum atomic E-state index is -1.06. The van der Waals surface area contributed by atoms with Gasteiger partial charge in [-0.1, -0.05) is 48.0 Å². The monoisotopic (exact) mass is 459 g/mol. The van der Waals surface area contributed by atoms with E-state index in [2.05, 4.69) is 12.2 Å². The Kier molecular flexibility index (Phi) is 5.65. The Morgan fingerprint density at radius 1 is 1.03 bits per heavy atom. The molecule has 1 amide bonds. The molecule has 1 aliphatic carbocycles. The molecule has 3 aromatic rings. The lowest BCUT2D eigenvalue weighted by molar-refractivity contribution is 0.0692. The highest BCUT2D eigenvalue weighted by molar-refractivity contribution is 6.33. The van der Waals surface area contributed by atoms with Crippen molar-refractivity contribution in [2.24, 2.45) is 0 Å². The first-order valence-electron chi connectivity index (χ1n) is 10.8. The van der Waals surface area contributed by atoms with Gasteiger partial charge in [0, 0.05) is 18.2 Å². The van der Waals surface area contributed by atoms with Gasteiger partial charge in [-0.25, -0.2) is 4.79 Å². The van der Waals surface area contributed by atoms with E-state index in [1.807, 2.05) is 47.4 Å². The molecule has 0 unspecified atom stereocenters. The SMILES string of the molecule is O=C(O)c1cc(-c2cccc(COc3ccc4c(c3)CN(C3CC=CC3)C4=O)c2)ccc1Cl. The predicted molar refractivity (Wildman–Crippen MR) is 127 cm³/mol. The summed E-state index contributed by atoms with van der Waals surface area (Å²) in [6, 6.07) is 18.7. The number of nitrogens with zero attached hydrogens (tertiary/aromatic N) is 1. The van der Waals surface area contributed by atoms with Gasteiger partial charge in [0.1, 0.15) is 12.4 Å². The van der Waals surface area contributed by atoms with E-state index in [1.54, 1.807) is 18.2 Å². The number of amides is 1. The Morgan fingerprint density at radius 2 is 1.82 bits per heavy atom. The van der Waals surface area contributed by atoms with Crippen LogP contribution in [-0.4, -0.2) is 27.9 Å². The Bertz CT molecular complexity index is 1270. The highest BCUT2D eigenvalue weighted by Gasteiger charge is 2.33. The number of halogens is 1. The van der Waals surface area contributed by atoms with Crippen LogP contribution in [0.25, 0.3) is 11.1 Å². The fourth-order valence-corrected chi connectivity index (χ4v) is 4.64. The normalized spacial score (nSPS) is 15.2. The number of carboxylic acids is 1. The quantitative estimate of drug-likeness (QED) is 0.462. The Morgan fingerprint density at radius 3 is 2.61 bits per heavy atom. The molecule has 0 atom stereocenters. The topological polar surface area (TPSA) is 66.8 Å². The second-order valence-electron chi connectivity index (χ2n) is 8.34. The van der Waals surface area contributed by atoms with Crippen molar-refractivity contribution in [1.82, 2.24) is 4.90 Å². The lowest BCUT2D eigenvalue weighted by Gasteiger charge is -2.23. The lowest BCUT2D eigenvalue weighted by atomic mass is 10.0. The first-order chi connectivity index (χ1) is 16.0. The molecular weight excluding hydrogens is 438 g/mol. The largest absolute Gasteiger partial charge is 0.489 e. The second-order valence-corrected chi connectivity index (χ2v) is 8.74. The summed E-state index contributed by atoms with van der Waals surface area (Å²) in [5, 5.41) is 9.54. The van der Waals surface area contributed by atoms with Gasteiger partial charge in [-0.3, -0.25) is 4.79 Å². The van der Waals surface area contributed by atoms with Crippen molar-refractivity contribution in [2.75, 3.05) is 0 Å². The Labute approximate surface area is 196 Å². The van der Waals surface area contributed by atoms with E-state index < -0.39 is 5.97 Å². The smallest absolute Gasteiger partial charge is 0.337 e. The molecule has 5 nitrogen and oxygen atoms in total. The fourth-order valence-electron chi connectivity index (χ4n) is 4.44. The highest BCUT2D eigenvalue weighted by atomic mass is 35.5. The van der Waals surface area contributed by atoms with Crippen molar-refractivity contribution in [3.63, 3.8) is 0 Å². The van der Waals surface area contributed by atoms with E-state index in [-0.39, 0.29) is 22.5 Å². The second kappa shape index (κ2) is 8.75. The zero-order valence-electron chi connectivity index (χ0n) is 17.8. The summed E-state index contributed by atoms with van der Waals surface area (Å²) in [5.74, 6) is -0.237. The van der Waals surface area contributed by atoms with E-state index in [1.165, 1.54) is 0 Å². The molecule has 0 bridgehead atoms. The van der Waals surface area contributed by atoms with Crippen molar-refractivity contribution in [3.8, 4) is 16.9 Å². The van der Waals surface area contributed by atoms with Gasteiger partial charge in [-0.2, -0.15) is 0 Å². The number of hydrogen-bond acceptors (Lipinski definition) is 3. The average molecular weight is 460 g/mol. The van der Waals surface area contributed by atoms with Crippen LogP contribution in [0.1, 0.15) is 44.7 Å². The third-order valence-corrected chi connectivity index (χ3v) is 6.52. The number of benzene rings is 3. The first-order valence-corrected chi connectivity index (χ1v) is 11.2. The maximum atomic E-state index is 12.7. The minimum Gasteiger partial charge on any atom is -0.489 e. The average Bonchev–Trinajstić information content (AvgIpc) is 3.46. The Hall–Kier alpha value is -3.57. The van der Waals surface area contributed by atoms with Crippen LogP contribution >= 0.6 is 11.6 Å². The van der Waals surface area contributed by atoms with E-state index in [0.717, 1.165) is 46.4 Å². The summed E-state index contributed by atoms with van der Waals surface area (Å²) in [5.41, 5.74) is 4.45. The zero-order valence-corrected chi connectivity index (χ0v) is 18.6. The van der Waals surface area contributed by atoms with Gasteiger partial charge in [0.05, 0.1) is 10.6 Å². The summed E-state index contributed by atoms with van der Waals surface area (Å²) in [6.07, 6.45) is 6.11. The molecule has 6 heteroatoms. The molecule has 1 heterocycles. The van der Waals surface area contributed by atoms with Crippen molar-refractivity contribution >= 4 is 23.5 Å². The number of rotatable bonds is 6. The van der Waals surface area contributed by atoms with Gasteiger partial charge >= 0.3 is 5.97 Å².